The number of imidazole rings is 1. The minimum Gasteiger partial charge on any atom is -0.486 e. The highest BCUT2D eigenvalue weighted by Crippen LogP contribution is 2.36. The maximum atomic E-state index is 13.1. The Morgan fingerprint density at radius 3 is 2.09 bits per heavy atom. The fraction of sp³-hybridized carbons (Fsp3) is 0.136. The molecule has 0 saturated carbocycles. The van der Waals surface area contributed by atoms with Crippen LogP contribution in [0.25, 0.3) is 22.2 Å². The van der Waals surface area contributed by atoms with E-state index >= 15 is 0 Å². The Balaban J connectivity index is 1.61. The molecular weight excluding hydrogens is 500 g/mol. The lowest BCUT2D eigenvalue weighted by atomic mass is 10.0. The molecule has 0 spiro atoms. The third-order valence-electron chi connectivity index (χ3n) is 5.02. The quantitative estimate of drug-likeness (QED) is 0.343. The Kier molecular flexibility index (Phi) is 6.01. The zero-order valence-electron chi connectivity index (χ0n) is 17.4. The Labute approximate surface area is 194 Å². The van der Waals surface area contributed by atoms with Crippen molar-refractivity contribution in [2.75, 3.05) is 0 Å². The van der Waals surface area contributed by atoms with E-state index in [0.717, 1.165) is 24.3 Å². The molecule has 1 heterocycles. The molecule has 0 aliphatic heterocycles. The molecule has 4 rings (SSSR count). The number of ether oxygens (including phenoxy) is 1. The smallest absolute Gasteiger partial charge is 0.416 e. The van der Waals surface area contributed by atoms with Gasteiger partial charge in [0.15, 0.2) is 0 Å². The highest BCUT2D eigenvalue weighted by molar-refractivity contribution is 7.89. The van der Waals surface area contributed by atoms with Crippen LogP contribution in [0.5, 0.6) is 5.75 Å². The van der Waals surface area contributed by atoms with E-state index in [1.54, 1.807) is 6.07 Å². The number of fused-ring (bicyclic) bond motifs is 1. The average molecular weight is 515 g/mol. The van der Waals surface area contributed by atoms with E-state index in [9.17, 15) is 34.8 Å². The summed E-state index contributed by atoms with van der Waals surface area (Å²) in [6.07, 6.45) is -9.22. The lowest BCUT2D eigenvalue weighted by Crippen LogP contribution is -2.15. The summed E-state index contributed by atoms with van der Waals surface area (Å²) in [5, 5.41) is 5.16. The molecule has 184 valence electrons. The van der Waals surface area contributed by atoms with Crippen LogP contribution < -0.4 is 9.88 Å². The molecule has 0 saturated heterocycles. The third-order valence-corrected chi connectivity index (χ3v) is 5.97. The summed E-state index contributed by atoms with van der Waals surface area (Å²) in [6.45, 7) is -0.113. The number of nitrogens with one attached hydrogen (secondary N) is 1. The minimum absolute atomic E-state index is 0.0343. The molecule has 35 heavy (non-hydrogen) atoms. The van der Waals surface area contributed by atoms with Gasteiger partial charge in [-0.05, 0) is 54.1 Å². The number of benzene rings is 3. The van der Waals surface area contributed by atoms with Crippen molar-refractivity contribution in [2.24, 2.45) is 5.14 Å². The molecule has 6 nitrogen and oxygen atoms in total. The number of hydrogen-bond donors (Lipinski definition) is 2. The third kappa shape index (κ3) is 5.41. The topological polar surface area (TPSA) is 98.1 Å². The molecule has 0 bridgehead atoms. The maximum Gasteiger partial charge on any atom is 0.416 e. The number of aromatic amines is 1. The summed E-state index contributed by atoms with van der Waals surface area (Å²) < 4.78 is 107. The number of alkyl halides is 6. The van der Waals surface area contributed by atoms with Crippen molar-refractivity contribution in [3.63, 3.8) is 0 Å². The molecule has 4 aromatic rings. The zero-order valence-corrected chi connectivity index (χ0v) is 18.2. The van der Waals surface area contributed by atoms with Crippen molar-refractivity contribution in [1.82, 2.24) is 9.97 Å². The fourth-order valence-electron chi connectivity index (χ4n) is 3.36. The van der Waals surface area contributed by atoms with Crippen LogP contribution in [-0.4, -0.2) is 18.4 Å². The van der Waals surface area contributed by atoms with E-state index in [1.165, 1.54) is 24.3 Å². The van der Waals surface area contributed by atoms with Crippen LogP contribution >= 0.6 is 0 Å². The van der Waals surface area contributed by atoms with Crippen LogP contribution in [0.15, 0.2) is 65.6 Å². The number of rotatable bonds is 5. The van der Waals surface area contributed by atoms with Crippen molar-refractivity contribution in [3.05, 3.63) is 77.6 Å². The molecule has 0 radical (unpaired) electrons. The number of nitrogens with two attached hydrogens (primary N) is 1. The largest absolute Gasteiger partial charge is 0.486 e. The van der Waals surface area contributed by atoms with Gasteiger partial charge in [-0.2, -0.15) is 26.3 Å². The van der Waals surface area contributed by atoms with Crippen LogP contribution in [0.4, 0.5) is 26.3 Å². The van der Waals surface area contributed by atoms with Gasteiger partial charge in [-0.3, -0.25) is 0 Å². The summed E-state index contributed by atoms with van der Waals surface area (Å²) in [4.78, 5) is 6.56. The standard InChI is InChI=1S/C22H15F6N3O3S/c23-21(24,25)13-2-5-15(6-3-13)34-11-20-30-17-8-1-12(9-18(17)31-20)16-7-4-14(22(26,27)28)10-19(16)35(29,32)33/h1-10H,11H2,(H,30,31)(H2,29,32,33). The van der Waals surface area contributed by atoms with Crippen LogP contribution in [0.2, 0.25) is 0 Å². The molecule has 3 aromatic carbocycles. The van der Waals surface area contributed by atoms with Gasteiger partial charge in [0.25, 0.3) is 0 Å². The number of sulfonamides is 1. The fourth-order valence-corrected chi connectivity index (χ4v) is 4.14. The molecule has 0 atom stereocenters. The van der Waals surface area contributed by atoms with Gasteiger partial charge >= 0.3 is 12.4 Å². The first-order valence-corrected chi connectivity index (χ1v) is 11.3. The molecule has 0 amide bonds. The van der Waals surface area contributed by atoms with Crippen molar-refractivity contribution in [1.29, 1.82) is 0 Å². The van der Waals surface area contributed by atoms with Crippen LogP contribution in [0.1, 0.15) is 17.0 Å². The van der Waals surface area contributed by atoms with Crippen molar-refractivity contribution < 1.29 is 39.5 Å². The van der Waals surface area contributed by atoms with Crippen molar-refractivity contribution in [2.45, 2.75) is 23.9 Å². The first-order valence-electron chi connectivity index (χ1n) is 9.75. The normalized spacial score (nSPS) is 12.8. The first kappa shape index (κ1) is 24.5. The van der Waals surface area contributed by atoms with E-state index in [1.807, 2.05) is 0 Å². The van der Waals surface area contributed by atoms with Gasteiger partial charge in [0.1, 0.15) is 18.2 Å². The second-order valence-corrected chi connectivity index (χ2v) is 9.01. The van der Waals surface area contributed by atoms with Gasteiger partial charge in [-0.25, -0.2) is 18.5 Å². The Morgan fingerprint density at radius 1 is 0.857 bits per heavy atom. The number of primary sulfonamides is 1. The molecule has 0 fully saturated rings. The SMILES string of the molecule is NS(=O)(=O)c1cc(C(F)(F)F)ccc1-c1ccc2[nH]c(COc3ccc(C(F)(F)F)cc3)nc2c1. The van der Waals surface area contributed by atoms with Crippen molar-refractivity contribution in [3.8, 4) is 16.9 Å². The van der Waals surface area contributed by atoms with Gasteiger partial charge in [0, 0.05) is 5.56 Å². The Bertz CT molecular complexity index is 1490. The Hall–Kier alpha value is -3.58. The minimum atomic E-state index is -4.76. The van der Waals surface area contributed by atoms with E-state index in [4.69, 9.17) is 9.88 Å². The van der Waals surface area contributed by atoms with E-state index in [0.29, 0.717) is 22.9 Å². The monoisotopic (exact) mass is 515 g/mol. The second-order valence-electron chi connectivity index (χ2n) is 7.48. The van der Waals surface area contributed by atoms with Crippen LogP contribution in [-0.2, 0) is 29.0 Å². The highest BCUT2D eigenvalue weighted by Gasteiger charge is 2.32. The maximum absolute atomic E-state index is 13.1. The van der Waals surface area contributed by atoms with Gasteiger partial charge < -0.3 is 9.72 Å². The average Bonchev–Trinajstić information content (AvgIpc) is 3.18. The lowest BCUT2D eigenvalue weighted by molar-refractivity contribution is -0.138. The summed E-state index contributed by atoms with van der Waals surface area (Å²) in [5.74, 6) is 0.498. The number of nitrogens with zero attached hydrogens (tertiary/aromatic N) is 1. The number of halogens is 6. The highest BCUT2D eigenvalue weighted by atomic mass is 32.2. The molecule has 0 aliphatic rings. The van der Waals surface area contributed by atoms with E-state index < -0.39 is 38.4 Å². The Morgan fingerprint density at radius 2 is 1.49 bits per heavy atom. The van der Waals surface area contributed by atoms with E-state index in [-0.39, 0.29) is 23.5 Å². The summed E-state index contributed by atoms with van der Waals surface area (Å²) in [5.41, 5.74) is -0.875. The molecule has 1 aromatic heterocycles. The predicted molar refractivity (Wildman–Crippen MR) is 114 cm³/mol. The van der Waals surface area contributed by atoms with Gasteiger partial charge in [-0.15, -0.1) is 0 Å². The van der Waals surface area contributed by atoms with Crippen molar-refractivity contribution >= 4 is 21.1 Å². The van der Waals surface area contributed by atoms with Gasteiger partial charge in [-0.1, -0.05) is 12.1 Å². The van der Waals surface area contributed by atoms with Gasteiger partial charge in [0.05, 0.1) is 27.1 Å². The summed E-state index contributed by atoms with van der Waals surface area (Å²) >= 11 is 0. The second kappa shape index (κ2) is 8.57. The lowest BCUT2D eigenvalue weighted by Gasteiger charge is -2.12. The molecule has 13 heteroatoms. The molecule has 0 aliphatic carbocycles. The number of aromatic nitrogens is 2. The molecular formula is C22H15F6N3O3S. The predicted octanol–water partition coefficient (Wildman–Crippen LogP) is 5.49. The molecule has 0 unspecified atom stereocenters. The van der Waals surface area contributed by atoms with Crippen LogP contribution in [0, 0.1) is 0 Å². The van der Waals surface area contributed by atoms with E-state index in [2.05, 4.69) is 9.97 Å². The van der Waals surface area contributed by atoms with Gasteiger partial charge in [0.2, 0.25) is 10.0 Å². The summed E-state index contributed by atoms with van der Waals surface area (Å²) in [7, 11) is -4.48. The number of H-pyrrole nitrogens is 1. The summed E-state index contributed by atoms with van der Waals surface area (Å²) in [6, 6.07) is 10.8. The molecule has 3 N–H and O–H groups in total. The van der Waals surface area contributed by atoms with Crippen LogP contribution in [0.3, 0.4) is 0 Å². The zero-order chi connectivity index (χ0) is 25.6. The first-order chi connectivity index (χ1) is 16.2. The number of hydrogen-bond acceptors (Lipinski definition) is 4.